The maximum Gasteiger partial charge on any atom is 1.00 e. The maximum atomic E-state index is 12.7. The van der Waals surface area contributed by atoms with Crippen LogP contribution in [0.25, 0.3) is 21.4 Å². The zero-order valence-corrected chi connectivity index (χ0v) is 26.9. The number of carboxylic acid groups (broad SMARTS) is 1. The molecule has 3 rings (SSSR count). The van der Waals surface area contributed by atoms with Crippen molar-refractivity contribution in [2.75, 3.05) is 18.0 Å². The number of hydrogen-bond acceptors (Lipinski definition) is 11. The summed E-state index contributed by atoms with van der Waals surface area (Å²) in [5, 5.41) is 9.11. The summed E-state index contributed by atoms with van der Waals surface area (Å²) in [5.74, 6) is -0.838. The van der Waals surface area contributed by atoms with Gasteiger partial charge in [0.05, 0.1) is 15.3 Å². The number of benzene rings is 1. The first kappa shape index (κ1) is 34.2. The number of nitrogens with zero attached hydrogens (tertiary/aromatic N) is 1. The van der Waals surface area contributed by atoms with Crippen molar-refractivity contribution in [2.45, 2.75) is 41.7 Å². The van der Waals surface area contributed by atoms with Gasteiger partial charge in [0, 0.05) is 36.7 Å². The van der Waals surface area contributed by atoms with E-state index in [0.717, 1.165) is 18.5 Å². The van der Waals surface area contributed by atoms with Crippen LogP contribution in [-0.4, -0.2) is 50.1 Å². The third-order valence-corrected chi connectivity index (χ3v) is 8.65. The topological polar surface area (TPSA) is 185 Å². The van der Waals surface area contributed by atoms with Gasteiger partial charge in [0.2, 0.25) is 0 Å². The van der Waals surface area contributed by atoms with Gasteiger partial charge in [0.25, 0.3) is 0 Å². The van der Waals surface area contributed by atoms with Gasteiger partial charge in [0.15, 0.2) is 0 Å². The predicted octanol–water partition coefficient (Wildman–Crippen LogP) is -3.19. The van der Waals surface area contributed by atoms with Crippen molar-refractivity contribution in [3.8, 4) is 10.4 Å². The van der Waals surface area contributed by atoms with E-state index in [2.05, 4.69) is 0 Å². The second-order valence-electron chi connectivity index (χ2n) is 7.62. The molecule has 0 fully saturated rings. The van der Waals surface area contributed by atoms with Crippen LogP contribution in [0.3, 0.4) is 0 Å². The molecule has 3 aromatic rings. The van der Waals surface area contributed by atoms with E-state index in [4.69, 9.17) is 9.52 Å². The van der Waals surface area contributed by atoms with E-state index < -0.39 is 45.8 Å². The summed E-state index contributed by atoms with van der Waals surface area (Å²) in [4.78, 5) is 23.8. The van der Waals surface area contributed by atoms with Crippen LogP contribution in [0.15, 0.2) is 48.6 Å². The van der Waals surface area contributed by atoms with Gasteiger partial charge < -0.3 is 23.5 Å². The molecule has 2 heterocycles. The quantitative estimate of drug-likeness (QED) is 0.103. The fourth-order valence-electron chi connectivity index (χ4n) is 3.53. The number of unbranched alkanes of at least 4 members (excludes halogenated alkanes) is 2. The van der Waals surface area contributed by atoms with Gasteiger partial charge in [-0.15, -0.1) is 11.3 Å². The molecule has 0 aliphatic heterocycles. The third kappa shape index (κ3) is 8.86. The Morgan fingerprint density at radius 1 is 1.03 bits per heavy atom. The van der Waals surface area contributed by atoms with Crippen LogP contribution in [-0.2, 0) is 25.0 Å². The van der Waals surface area contributed by atoms with Gasteiger partial charge in [-0.1, -0.05) is 6.42 Å². The summed E-state index contributed by atoms with van der Waals surface area (Å²) in [5.41, 5.74) is -0.438. The molecule has 37 heavy (non-hydrogen) atoms. The Kier molecular flexibility index (Phi) is 13.0. The summed E-state index contributed by atoms with van der Waals surface area (Å²) >= 11 is 0.211. The summed E-state index contributed by atoms with van der Waals surface area (Å²) in [6.07, 6.45) is 2.18. The molecular formula is C21H21NNa2O10S3. The van der Waals surface area contributed by atoms with Crippen molar-refractivity contribution >= 4 is 54.2 Å². The van der Waals surface area contributed by atoms with Crippen molar-refractivity contribution < 1.29 is 99.4 Å². The largest absolute Gasteiger partial charge is 1.00 e. The summed E-state index contributed by atoms with van der Waals surface area (Å²) < 4.78 is 73.4. The maximum absolute atomic E-state index is 12.7. The Balaban J connectivity index is 0.00000342. The van der Waals surface area contributed by atoms with Gasteiger partial charge in [-0.3, -0.25) is 4.79 Å². The third-order valence-electron chi connectivity index (χ3n) is 5.22. The van der Waals surface area contributed by atoms with Crippen LogP contribution in [0.5, 0.6) is 0 Å². The molecule has 1 N–H and O–H groups in total. The van der Waals surface area contributed by atoms with Crippen molar-refractivity contribution in [3.63, 3.8) is 0 Å². The zero-order valence-electron chi connectivity index (χ0n) is 20.4. The number of thiophene rings is 1. The van der Waals surface area contributed by atoms with Crippen LogP contribution >= 0.6 is 11.3 Å². The van der Waals surface area contributed by atoms with Crippen molar-refractivity contribution in [3.05, 3.63) is 40.8 Å². The first-order chi connectivity index (χ1) is 16.3. The first-order valence-electron chi connectivity index (χ1n) is 10.4. The van der Waals surface area contributed by atoms with E-state index in [-0.39, 0.29) is 88.0 Å². The van der Waals surface area contributed by atoms with Gasteiger partial charge in [-0.25, -0.2) is 21.6 Å². The minimum absolute atomic E-state index is 0. The molecule has 0 radical (unpaired) electrons. The Bertz CT molecular complexity index is 1530. The molecule has 0 saturated heterocycles. The average Bonchev–Trinajstić information content (AvgIpc) is 3.22. The van der Waals surface area contributed by atoms with Crippen LogP contribution in [0.4, 0.5) is 5.69 Å². The molecule has 1 aromatic carbocycles. The Labute approximate surface area is 261 Å². The molecule has 0 spiro atoms. The van der Waals surface area contributed by atoms with Gasteiger partial charge in [0.1, 0.15) is 30.0 Å². The molecule has 0 bridgehead atoms. The van der Waals surface area contributed by atoms with Crippen LogP contribution in [0, 0.1) is 0 Å². The number of aliphatic carboxylic acids is 1. The molecule has 0 atom stereocenters. The summed E-state index contributed by atoms with van der Waals surface area (Å²) in [6.45, 7) is 3.22. The zero-order chi connectivity index (χ0) is 26.0. The fourth-order valence-corrected chi connectivity index (χ4v) is 6.42. The minimum atomic E-state index is -5.19. The first-order valence-corrected chi connectivity index (χ1v) is 14.0. The van der Waals surface area contributed by atoms with Crippen molar-refractivity contribution in [1.82, 2.24) is 0 Å². The Hall–Kier alpha value is -0.780. The molecule has 0 aliphatic carbocycles. The van der Waals surface area contributed by atoms with Gasteiger partial charge in [-0.2, -0.15) is 0 Å². The number of anilines is 1. The second-order valence-corrected chi connectivity index (χ2v) is 11.6. The SMILES string of the molecule is CCN(CCCCCC(=O)O)c1ccc2cc(-c3sc(S(=O)(=O)[O-])cc3S(=O)(=O)[O-])c(=O)oc2c1.[Na+].[Na+]. The van der Waals surface area contributed by atoms with Gasteiger partial charge in [-0.05, 0) is 44.0 Å². The number of rotatable bonds is 11. The van der Waals surface area contributed by atoms with Crippen LogP contribution in [0.1, 0.15) is 32.6 Å². The monoisotopic (exact) mass is 589 g/mol. The molecule has 0 unspecified atom stereocenters. The fraction of sp³-hybridized carbons (Fsp3) is 0.333. The van der Waals surface area contributed by atoms with E-state index >= 15 is 0 Å². The molecule has 16 heteroatoms. The molecule has 0 aliphatic rings. The predicted molar refractivity (Wildman–Crippen MR) is 126 cm³/mol. The van der Waals surface area contributed by atoms with E-state index in [1.165, 1.54) is 6.07 Å². The normalized spacial score (nSPS) is 11.5. The molecule has 190 valence electrons. The van der Waals surface area contributed by atoms with E-state index in [9.17, 15) is 35.5 Å². The Morgan fingerprint density at radius 2 is 1.70 bits per heavy atom. The average molecular weight is 590 g/mol. The molecular weight excluding hydrogens is 568 g/mol. The standard InChI is InChI=1S/C21H23NO10S3.2Na/c1-2-22(9-5-3-4-6-18(23)24)14-8-7-13-10-15(21(25)32-16(13)11-14)20-17(34(26,27)28)12-19(33-20)35(29,30)31;;/h7-8,10-12H,2-6,9H2,1H3,(H,23,24)(H,26,27,28)(H,29,30,31);;/q;2*+1/p-2. The van der Waals surface area contributed by atoms with Crippen molar-refractivity contribution in [2.24, 2.45) is 0 Å². The Morgan fingerprint density at radius 3 is 2.27 bits per heavy atom. The molecule has 2 aromatic heterocycles. The number of carbonyl (C=O) groups is 1. The van der Waals surface area contributed by atoms with E-state index in [0.29, 0.717) is 31.0 Å². The number of fused-ring (bicyclic) bond motifs is 1. The minimum Gasteiger partial charge on any atom is -0.744 e. The second kappa shape index (κ2) is 14.0. The smallest absolute Gasteiger partial charge is 0.744 e. The van der Waals surface area contributed by atoms with Crippen molar-refractivity contribution in [1.29, 1.82) is 0 Å². The molecule has 11 nitrogen and oxygen atoms in total. The van der Waals surface area contributed by atoms with E-state index in [1.54, 1.807) is 18.2 Å². The summed E-state index contributed by atoms with van der Waals surface area (Å²) in [7, 11) is -10.3. The van der Waals surface area contributed by atoms with Gasteiger partial charge >= 0.3 is 70.7 Å². The molecule has 0 amide bonds. The number of carboxylic acids is 1. The van der Waals surface area contributed by atoms with Crippen LogP contribution < -0.4 is 69.6 Å². The molecule has 0 saturated carbocycles. The summed E-state index contributed by atoms with van der Waals surface area (Å²) in [6, 6.07) is 6.71. The van der Waals surface area contributed by atoms with Crippen LogP contribution in [0.2, 0.25) is 0 Å². The number of hydrogen-bond donors (Lipinski definition) is 1. The van der Waals surface area contributed by atoms with E-state index in [1.807, 2.05) is 11.8 Å².